The van der Waals surface area contributed by atoms with Gasteiger partial charge in [-0.15, -0.1) is 0 Å². The lowest BCUT2D eigenvalue weighted by Gasteiger charge is -2.31. The number of likely N-dealkylation sites (tertiary alicyclic amines) is 1. The highest BCUT2D eigenvalue weighted by atomic mass is 35.5. The van der Waals surface area contributed by atoms with Crippen molar-refractivity contribution >= 4 is 39.1 Å². The monoisotopic (exact) mass is 519 g/mol. The number of hydrogen-bond acceptors (Lipinski definition) is 5. The smallest absolute Gasteiger partial charge is 0.246 e. The number of anilines is 1. The van der Waals surface area contributed by atoms with Crippen molar-refractivity contribution in [2.45, 2.75) is 37.0 Å². The SMILES string of the molecule is COc1ccc(Cl)cc1S(=O)(=O)N1CCC[C@H](C(=O)Nc2ccc(CC(=O)N3CCCC3)cc2)C1. The van der Waals surface area contributed by atoms with E-state index in [4.69, 9.17) is 16.3 Å². The molecule has 35 heavy (non-hydrogen) atoms. The van der Waals surface area contributed by atoms with E-state index < -0.39 is 15.9 Å². The highest BCUT2D eigenvalue weighted by Gasteiger charge is 2.35. The Morgan fingerprint density at radius 3 is 2.46 bits per heavy atom. The zero-order chi connectivity index (χ0) is 25.0. The maximum atomic E-state index is 13.3. The molecule has 10 heteroatoms. The highest BCUT2D eigenvalue weighted by Crippen LogP contribution is 2.32. The number of halogens is 1. The molecule has 2 aliphatic heterocycles. The van der Waals surface area contributed by atoms with Gasteiger partial charge < -0.3 is 15.0 Å². The van der Waals surface area contributed by atoms with E-state index >= 15 is 0 Å². The van der Waals surface area contributed by atoms with Gasteiger partial charge in [0.25, 0.3) is 0 Å². The van der Waals surface area contributed by atoms with Gasteiger partial charge >= 0.3 is 0 Å². The second kappa shape index (κ2) is 11.0. The normalized spacial score (nSPS) is 18.9. The topological polar surface area (TPSA) is 96.0 Å². The number of piperidine rings is 1. The fourth-order valence-electron chi connectivity index (χ4n) is 4.57. The Labute approximate surface area is 211 Å². The Morgan fingerprint density at radius 2 is 1.77 bits per heavy atom. The Balaban J connectivity index is 1.38. The van der Waals surface area contributed by atoms with E-state index in [1.807, 2.05) is 17.0 Å². The molecule has 1 N–H and O–H groups in total. The van der Waals surface area contributed by atoms with Crippen LogP contribution in [0.2, 0.25) is 5.02 Å². The van der Waals surface area contributed by atoms with E-state index in [2.05, 4.69) is 5.32 Å². The van der Waals surface area contributed by atoms with Gasteiger partial charge in [-0.05, 0) is 61.6 Å². The summed E-state index contributed by atoms with van der Waals surface area (Å²) in [5, 5.41) is 3.18. The third-order valence-corrected chi connectivity index (χ3v) is 8.66. The third kappa shape index (κ3) is 5.97. The Bertz CT molecular complexity index is 1180. The van der Waals surface area contributed by atoms with Gasteiger partial charge in [0.15, 0.2) is 0 Å². The molecular weight excluding hydrogens is 490 g/mol. The number of carbonyl (C=O) groups is 2. The van der Waals surface area contributed by atoms with Crippen LogP contribution in [-0.4, -0.2) is 62.7 Å². The average Bonchev–Trinajstić information content (AvgIpc) is 3.40. The zero-order valence-electron chi connectivity index (χ0n) is 19.7. The molecule has 2 aromatic carbocycles. The van der Waals surface area contributed by atoms with Crippen molar-refractivity contribution < 1.29 is 22.7 Å². The molecule has 0 saturated carbocycles. The number of amides is 2. The van der Waals surface area contributed by atoms with Crippen LogP contribution in [0, 0.1) is 5.92 Å². The fourth-order valence-corrected chi connectivity index (χ4v) is 6.51. The van der Waals surface area contributed by atoms with Crippen LogP contribution in [0.5, 0.6) is 5.75 Å². The number of rotatable bonds is 7. The first-order valence-corrected chi connectivity index (χ1v) is 13.6. The summed E-state index contributed by atoms with van der Waals surface area (Å²) in [5.74, 6) is -0.382. The minimum Gasteiger partial charge on any atom is -0.495 e. The van der Waals surface area contributed by atoms with Crippen molar-refractivity contribution in [1.82, 2.24) is 9.21 Å². The molecule has 0 aromatic heterocycles. The molecule has 2 heterocycles. The minimum atomic E-state index is -3.88. The van der Waals surface area contributed by atoms with Gasteiger partial charge in [0.05, 0.1) is 19.4 Å². The van der Waals surface area contributed by atoms with Crippen LogP contribution < -0.4 is 10.1 Å². The van der Waals surface area contributed by atoms with E-state index in [-0.39, 0.29) is 29.0 Å². The molecule has 2 fully saturated rings. The Morgan fingerprint density at radius 1 is 1.06 bits per heavy atom. The van der Waals surface area contributed by atoms with Crippen molar-refractivity contribution in [3.8, 4) is 5.75 Å². The lowest BCUT2D eigenvalue weighted by Crippen LogP contribution is -2.43. The summed E-state index contributed by atoms with van der Waals surface area (Å²) in [5.41, 5.74) is 1.51. The third-order valence-electron chi connectivity index (χ3n) is 6.53. The second-order valence-electron chi connectivity index (χ2n) is 8.95. The quantitative estimate of drug-likeness (QED) is 0.603. The lowest BCUT2D eigenvalue weighted by atomic mass is 9.98. The molecule has 0 bridgehead atoms. The molecule has 2 aromatic rings. The highest BCUT2D eigenvalue weighted by molar-refractivity contribution is 7.89. The maximum absolute atomic E-state index is 13.3. The van der Waals surface area contributed by atoms with Crippen molar-refractivity contribution in [2.75, 3.05) is 38.6 Å². The van der Waals surface area contributed by atoms with Gasteiger partial charge in [0, 0.05) is 36.9 Å². The van der Waals surface area contributed by atoms with E-state index in [0.29, 0.717) is 36.5 Å². The van der Waals surface area contributed by atoms with Crippen LogP contribution in [0.15, 0.2) is 47.4 Å². The number of nitrogens with one attached hydrogen (secondary N) is 1. The number of methoxy groups -OCH3 is 1. The summed E-state index contributed by atoms with van der Waals surface area (Å²) < 4.78 is 33.1. The second-order valence-corrected chi connectivity index (χ2v) is 11.3. The van der Waals surface area contributed by atoms with Crippen LogP contribution >= 0.6 is 11.6 Å². The molecule has 4 rings (SSSR count). The molecule has 2 saturated heterocycles. The van der Waals surface area contributed by atoms with Gasteiger partial charge in [-0.1, -0.05) is 23.7 Å². The molecule has 2 aliphatic rings. The summed E-state index contributed by atoms with van der Waals surface area (Å²) in [4.78, 5) is 27.2. The standard InChI is InChI=1S/C25H30ClN3O5S/c1-34-22-11-8-20(26)16-23(22)35(32,33)29-14-4-5-19(17-29)25(31)27-21-9-6-18(7-10-21)15-24(30)28-12-2-3-13-28/h6-11,16,19H,2-5,12-15,17H2,1H3,(H,27,31)/t19-/m0/s1. The first kappa shape index (κ1) is 25.5. The molecule has 0 radical (unpaired) electrons. The average molecular weight is 520 g/mol. The van der Waals surface area contributed by atoms with Crippen molar-refractivity contribution in [3.63, 3.8) is 0 Å². The molecule has 0 aliphatic carbocycles. The van der Waals surface area contributed by atoms with Crippen molar-refractivity contribution in [2.24, 2.45) is 5.92 Å². The minimum absolute atomic E-state index is 0.00683. The molecule has 1 atom stereocenters. The maximum Gasteiger partial charge on any atom is 0.246 e. The van der Waals surface area contributed by atoms with Crippen LogP contribution in [0.4, 0.5) is 5.69 Å². The zero-order valence-corrected chi connectivity index (χ0v) is 21.3. The molecule has 188 valence electrons. The molecule has 0 spiro atoms. The van der Waals surface area contributed by atoms with Crippen LogP contribution in [-0.2, 0) is 26.0 Å². The number of nitrogens with zero attached hydrogens (tertiary/aromatic N) is 2. The lowest BCUT2D eigenvalue weighted by molar-refractivity contribution is -0.129. The van der Waals surface area contributed by atoms with Crippen molar-refractivity contribution in [1.29, 1.82) is 0 Å². The molecular formula is C25H30ClN3O5S. The number of benzene rings is 2. The predicted molar refractivity (Wildman–Crippen MR) is 134 cm³/mol. The van der Waals surface area contributed by atoms with Gasteiger partial charge in [-0.25, -0.2) is 8.42 Å². The Hall–Kier alpha value is -2.62. The van der Waals surface area contributed by atoms with Crippen LogP contribution in [0.25, 0.3) is 0 Å². The first-order chi connectivity index (χ1) is 16.8. The van der Waals surface area contributed by atoms with E-state index in [1.54, 1.807) is 18.2 Å². The predicted octanol–water partition coefficient (Wildman–Crippen LogP) is 3.55. The summed E-state index contributed by atoms with van der Waals surface area (Å²) in [6.07, 6.45) is 3.62. The molecule has 2 amide bonds. The number of sulfonamides is 1. The van der Waals surface area contributed by atoms with Gasteiger partial charge in [-0.3, -0.25) is 9.59 Å². The summed E-state index contributed by atoms with van der Waals surface area (Å²) >= 11 is 6.04. The van der Waals surface area contributed by atoms with Gasteiger partial charge in [0.1, 0.15) is 10.6 Å². The first-order valence-electron chi connectivity index (χ1n) is 11.8. The Kier molecular flexibility index (Phi) is 7.98. The fraction of sp³-hybridized carbons (Fsp3) is 0.440. The van der Waals surface area contributed by atoms with Crippen molar-refractivity contribution in [3.05, 3.63) is 53.1 Å². The van der Waals surface area contributed by atoms with Gasteiger partial charge in [-0.2, -0.15) is 4.31 Å². The number of hydrogen-bond donors (Lipinski definition) is 1. The van der Waals surface area contributed by atoms with Crippen LogP contribution in [0.1, 0.15) is 31.2 Å². The summed E-state index contributed by atoms with van der Waals surface area (Å²) in [6, 6.07) is 11.7. The van der Waals surface area contributed by atoms with Crippen LogP contribution in [0.3, 0.4) is 0 Å². The van der Waals surface area contributed by atoms with Gasteiger partial charge in [0.2, 0.25) is 21.8 Å². The summed E-state index contributed by atoms with van der Waals surface area (Å²) in [6.45, 7) is 2.05. The molecule has 8 nitrogen and oxygen atoms in total. The number of ether oxygens (including phenoxy) is 1. The largest absolute Gasteiger partial charge is 0.495 e. The van der Waals surface area contributed by atoms with E-state index in [1.165, 1.54) is 23.5 Å². The summed E-state index contributed by atoms with van der Waals surface area (Å²) in [7, 11) is -2.48. The van der Waals surface area contributed by atoms with E-state index in [9.17, 15) is 18.0 Å². The van der Waals surface area contributed by atoms with E-state index in [0.717, 1.165) is 31.5 Å². The molecule has 0 unspecified atom stereocenters. The number of carbonyl (C=O) groups excluding carboxylic acids is 2.